The average Bonchev–Trinajstić information content (AvgIpc) is 2.93. The zero-order valence-corrected chi connectivity index (χ0v) is 13.9. The molecule has 0 aromatic heterocycles. The van der Waals surface area contributed by atoms with Gasteiger partial charge >= 0.3 is 0 Å². The van der Waals surface area contributed by atoms with Crippen LogP contribution in [0.3, 0.4) is 0 Å². The van der Waals surface area contributed by atoms with Crippen LogP contribution in [0.15, 0.2) is 54.6 Å². The standard InChI is InChI=1S/C20H22N2O2/c1-15-6-5-9-18(10-15)20(24)21-12-17-11-19(23)22(14-17)13-16-7-3-2-4-8-16/h2-10,17H,11-14H2,1H3,(H,21,24)/t17-/m1/s1. The number of hydrogen-bond acceptors (Lipinski definition) is 2. The van der Waals surface area contributed by atoms with Crippen molar-refractivity contribution in [3.63, 3.8) is 0 Å². The highest BCUT2D eigenvalue weighted by Gasteiger charge is 2.29. The highest BCUT2D eigenvalue weighted by atomic mass is 16.2. The van der Waals surface area contributed by atoms with Crippen molar-refractivity contribution in [3.05, 3.63) is 71.3 Å². The van der Waals surface area contributed by atoms with Gasteiger partial charge in [0.15, 0.2) is 0 Å². The van der Waals surface area contributed by atoms with Crippen LogP contribution < -0.4 is 5.32 Å². The van der Waals surface area contributed by atoms with Gasteiger partial charge in [0.2, 0.25) is 5.91 Å². The van der Waals surface area contributed by atoms with E-state index in [1.165, 1.54) is 0 Å². The third-order valence-electron chi connectivity index (χ3n) is 4.34. The van der Waals surface area contributed by atoms with E-state index in [-0.39, 0.29) is 17.7 Å². The molecule has 2 aromatic carbocycles. The quantitative estimate of drug-likeness (QED) is 0.920. The lowest BCUT2D eigenvalue weighted by atomic mass is 10.1. The minimum atomic E-state index is -0.0762. The molecule has 0 unspecified atom stereocenters. The van der Waals surface area contributed by atoms with Gasteiger partial charge in [-0.3, -0.25) is 9.59 Å². The van der Waals surface area contributed by atoms with Gasteiger partial charge in [0.05, 0.1) is 0 Å². The maximum Gasteiger partial charge on any atom is 0.251 e. The zero-order valence-electron chi connectivity index (χ0n) is 13.9. The van der Waals surface area contributed by atoms with Gasteiger partial charge < -0.3 is 10.2 Å². The first-order valence-electron chi connectivity index (χ1n) is 8.28. The number of nitrogens with one attached hydrogen (secondary N) is 1. The van der Waals surface area contributed by atoms with E-state index in [0.29, 0.717) is 31.6 Å². The number of aryl methyl sites for hydroxylation is 1. The first kappa shape index (κ1) is 16.2. The van der Waals surface area contributed by atoms with Gasteiger partial charge in [-0.25, -0.2) is 0 Å². The van der Waals surface area contributed by atoms with Crippen LogP contribution >= 0.6 is 0 Å². The van der Waals surface area contributed by atoms with E-state index < -0.39 is 0 Å². The molecule has 1 N–H and O–H groups in total. The Morgan fingerprint density at radius 3 is 2.71 bits per heavy atom. The molecule has 1 saturated heterocycles. The zero-order chi connectivity index (χ0) is 16.9. The summed E-state index contributed by atoms with van der Waals surface area (Å²) in [4.78, 5) is 26.2. The number of rotatable bonds is 5. The summed E-state index contributed by atoms with van der Waals surface area (Å²) in [6.45, 7) is 3.83. The first-order chi connectivity index (χ1) is 11.6. The summed E-state index contributed by atoms with van der Waals surface area (Å²) in [6.07, 6.45) is 0.501. The lowest BCUT2D eigenvalue weighted by Crippen LogP contribution is -2.31. The number of likely N-dealkylation sites (tertiary alicyclic amines) is 1. The van der Waals surface area contributed by atoms with Crippen LogP contribution in [-0.2, 0) is 11.3 Å². The fraction of sp³-hybridized carbons (Fsp3) is 0.300. The second-order valence-corrected chi connectivity index (χ2v) is 6.41. The average molecular weight is 322 g/mol. The smallest absolute Gasteiger partial charge is 0.251 e. The summed E-state index contributed by atoms with van der Waals surface area (Å²) in [6, 6.07) is 17.5. The molecule has 1 aliphatic heterocycles. The molecule has 0 saturated carbocycles. The minimum absolute atomic E-state index is 0.0762. The van der Waals surface area contributed by atoms with Gasteiger partial charge in [-0.1, -0.05) is 48.0 Å². The Morgan fingerprint density at radius 1 is 1.17 bits per heavy atom. The molecule has 0 radical (unpaired) electrons. The van der Waals surface area contributed by atoms with E-state index in [1.807, 2.05) is 66.4 Å². The summed E-state index contributed by atoms with van der Waals surface area (Å²) in [7, 11) is 0. The number of hydrogen-bond donors (Lipinski definition) is 1. The Bertz CT molecular complexity index is 727. The maximum atomic E-state index is 12.2. The monoisotopic (exact) mass is 322 g/mol. The van der Waals surface area contributed by atoms with Gasteiger partial charge in [0.1, 0.15) is 0 Å². The fourth-order valence-electron chi connectivity index (χ4n) is 3.07. The molecule has 2 amide bonds. The molecular weight excluding hydrogens is 300 g/mol. The lowest BCUT2D eigenvalue weighted by molar-refractivity contribution is -0.128. The number of carbonyl (C=O) groups is 2. The fourth-order valence-corrected chi connectivity index (χ4v) is 3.07. The molecule has 1 heterocycles. The van der Waals surface area contributed by atoms with Crippen molar-refractivity contribution in [2.45, 2.75) is 19.9 Å². The van der Waals surface area contributed by atoms with E-state index in [2.05, 4.69) is 5.32 Å². The third-order valence-corrected chi connectivity index (χ3v) is 4.34. The van der Waals surface area contributed by atoms with Gasteiger partial charge in [-0.05, 0) is 24.6 Å². The second-order valence-electron chi connectivity index (χ2n) is 6.41. The highest BCUT2D eigenvalue weighted by molar-refractivity contribution is 5.94. The molecule has 0 aliphatic carbocycles. The van der Waals surface area contributed by atoms with E-state index in [9.17, 15) is 9.59 Å². The molecule has 2 aromatic rings. The van der Waals surface area contributed by atoms with Crippen LogP contribution in [0.4, 0.5) is 0 Å². The van der Waals surface area contributed by atoms with Gasteiger partial charge in [0.25, 0.3) is 5.91 Å². The van der Waals surface area contributed by atoms with E-state index in [4.69, 9.17) is 0 Å². The number of nitrogens with zero attached hydrogens (tertiary/aromatic N) is 1. The highest BCUT2D eigenvalue weighted by Crippen LogP contribution is 2.19. The minimum Gasteiger partial charge on any atom is -0.352 e. The maximum absolute atomic E-state index is 12.2. The number of benzene rings is 2. The largest absolute Gasteiger partial charge is 0.352 e. The lowest BCUT2D eigenvalue weighted by Gasteiger charge is -2.17. The molecule has 1 atom stereocenters. The molecule has 3 rings (SSSR count). The summed E-state index contributed by atoms with van der Waals surface area (Å²) >= 11 is 0. The van der Waals surface area contributed by atoms with Crippen molar-refractivity contribution >= 4 is 11.8 Å². The van der Waals surface area contributed by atoms with Crippen LogP contribution in [0.1, 0.15) is 27.9 Å². The van der Waals surface area contributed by atoms with Crippen LogP contribution in [-0.4, -0.2) is 29.8 Å². The Labute approximate surface area is 142 Å². The Kier molecular flexibility index (Phi) is 4.94. The molecular formula is C20H22N2O2. The molecule has 0 bridgehead atoms. The van der Waals surface area contributed by atoms with Crippen LogP contribution in [0.25, 0.3) is 0 Å². The molecule has 0 spiro atoms. The van der Waals surface area contributed by atoms with Gasteiger partial charge in [-0.15, -0.1) is 0 Å². The molecule has 4 heteroatoms. The second kappa shape index (κ2) is 7.30. The SMILES string of the molecule is Cc1cccc(C(=O)NC[C@H]2CC(=O)N(Cc3ccccc3)C2)c1. The summed E-state index contributed by atoms with van der Waals surface area (Å²) < 4.78 is 0. The van der Waals surface area contributed by atoms with E-state index >= 15 is 0 Å². The van der Waals surface area contributed by atoms with E-state index in [1.54, 1.807) is 0 Å². The first-order valence-corrected chi connectivity index (χ1v) is 8.28. The van der Waals surface area contributed by atoms with Crippen molar-refractivity contribution in [3.8, 4) is 0 Å². The predicted octanol–water partition coefficient (Wildman–Crippen LogP) is 2.77. The summed E-state index contributed by atoms with van der Waals surface area (Å²) in [5, 5.41) is 2.96. The van der Waals surface area contributed by atoms with Crippen molar-refractivity contribution in [2.75, 3.05) is 13.1 Å². The molecule has 4 nitrogen and oxygen atoms in total. The third kappa shape index (κ3) is 4.02. The Hall–Kier alpha value is -2.62. The topological polar surface area (TPSA) is 49.4 Å². The Balaban J connectivity index is 1.52. The van der Waals surface area contributed by atoms with Gasteiger partial charge in [0, 0.05) is 37.5 Å². The molecule has 124 valence electrons. The molecule has 1 fully saturated rings. The van der Waals surface area contributed by atoms with Gasteiger partial charge in [-0.2, -0.15) is 0 Å². The van der Waals surface area contributed by atoms with Crippen LogP contribution in [0, 0.1) is 12.8 Å². The van der Waals surface area contributed by atoms with Crippen molar-refractivity contribution in [2.24, 2.45) is 5.92 Å². The number of carbonyl (C=O) groups excluding carboxylic acids is 2. The molecule has 1 aliphatic rings. The molecule has 24 heavy (non-hydrogen) atoms. The summed E-state index contributed by atoms with van der Waals surface area (Å²) in [5.41, 5.74) is 2.86. The summed E-state index contributed by atoms with van der Waals surface area (Å²) in [5.74, 6) is 0.260. The van der Waals surface area contributed by atoms with Crippen molar-refractivity contribution in [1.82, 2.24) is 10.2 Å². The number of amides is 2. The van der Waals surface area contributed by atoms with E-state index in [0.717, 1.165) is 11.1 Å². The van der Waals surface area contributed by atoms with Crippen LogP contribution in [0.2, 0.25) is 0 Å². The van der Waals surface area contributed by atoms with Crippen molar-refractivity contribution < 1.29 is 9.59 Å². The predicted molar refractivity (Wildman–Crippen MR) is 93.5 cm³/mol. The van der Waals surface area contributed by atoms with Crippen LogP contribution in [0.5, 0.6) is 0 Å². The van der Waals surface area contributed by atoms with Crippen molar-refractivity contribution in [1.29, 1.82) is 0 Å². The normalized spacial score (nSPS) is 17.1. The Morgan fingerprint density at radius 2 is 1.96 bits per heavy atom.